The first-order valence-electron chi connectivity index (χ1n) is 19.8. The van der Waals surface area contributed by atoms with E-state index in [9.17, 15) is 14.7 Å². The third kappa shape index (κ3) is 7.26. The second-order valence-electron chi connectivity index (χ2n) is 17.6. The highest BCUT2D eigenvalue weighted by Gasteiger charge is 2.56. The third-order valence-corrected chi connectivity index (χ3v) is 13.9. The van der Waals surface area contributed by atoms with E-state index in [1.807, 2.05) is 30.3 Å². The van der Waals surface area contributed by atoms with Gasteiger partial charge in [0.05, 0.1) is 0 Å². The molecule has 1 heterocycles. The Hall–Kier alpha value is -3.54. The number of hydrogen-bond acceptors (Lipinski definition) is 6. The number of hydrogen-bond donors (Lipinski definition) is 1. The van der Waals surface area contributed by atoms with Crippen LogP contribution < -0.4 is 10.2 Å². The molecule has 3 saturated carbocycles. The van der Waals surface area contributed by atoms with E-state index in [0.717, 1.165) is 60.3 Å². The zero-order valence-electron chi connectivity index (χ0n) is 31.4. The first-order chi connectivity index (χ1) is 24.4. The molecule has 6 heteroatoms. The van der Waals surface area contributed by atoms with E-state index in [0.29, 0.717) is 11.2 Å². The fourth-order valence-electron chi connectivity index (χ4n) is 11.0. The molecule has 0 bridgehead atoms. The summed E-state index contributed by atoms with van der Waals surface area (Å²) in [5, 5.41) is 10.7. The quantitative estimate of drug-likeness (QED) is 0.168. The summed E-state index contributed by atoms with van der Waals surface area (Å²) in [6.07, 6.45) is 17.3. The molecular formula is C45H58O6. The minimum absolute atomic E-state index is 0.0789. The van der Waals surface area contributed by atoms with Crippen LogP contribution in [0, 0.1) is 46.3 Å². The van der Waals surface area contributed by atoms with Gasteiger partial charge in [0.25, 0.3) is 0 Å². The topological polar surface area (TPSA) is 86.0 Å². The van der Waals surface area contributed by atoms with Gasteiger partial charge in [0.1, 0.15) is 34.3 Å². The molecular weight excluding hydrogens is 636 g/mol. The number of allylic oxidation sites excluding steroid dienone is 1. The van der Waals surface area contributed by atoms with Crippen LogP contribution in [0.4, 0.5) is 0 Å². The lowest BCUT2D eigenvalue weighted by Gasteiger charge is -2.61. The molecule has 1 N–H and O–H groups in total. The highest BCUT2D eigenvalue weighted by atomic mass is 16.6. The standard InChI is InChI=1S/C45H58O6/c1-28(2)10-9-11-29(3)31-14-17-36-35-16-15-32-22-33(18-21-45(32,5)37(35)19-20-44(36,4)26-31)50-42(48)27-49-34-23-38(46)43-39(47)25-40(51-41(43)24-34)30-12-7-6-8-13-30/h6-8,12-13,15,23-25,28-29,31,33,35-37,46H,9-11,14,16-22,26-27H2,1-5H3/t29-,31+,33+,35+,36-,37+,44+,45-/m0/s1. The smallest absolute Gasteiger partial charge is 0.344 e. The Balaban J connectivity index is 0.956. The summed E-state index contributed by atoms with van der Waals surface area (Å²) in [5.41, 5.74) is 2.76. The van der Waals surface area contributed by atoms with Crippen molar-refractivity contribution in [2.24, 2.45) is 46.3 Å². The second-order valence-corrected chi connectivity index (χ2v) is 17.6. The van der Waals surface area contributed by atoms with Crippen LogP contribution in [-0.4, -0.2) is 23.8 Å². The van der Waals surface area contributed by atoms with E-state index in [2.05, 4.69) is 40.7 Å². The summed E-state index contributed by atoms with van der Waals surface area (Å²) >= 11 is 0. The van der Waals surface area contributed by atoms with Gasteiger partial charge in [-0.3, -0.25) is 4.79 Å². The highest BCUT2D eigenvalue weighted by molar-refractivity contribution is 5.86. The molecule has 4 aliphatic rings. The monoisotopic (exact) mass is 694 g/mol. The third-order valence-electron chi connectivity index (χ3n) is 13.9. The van der Waals surface area contributed by atoms with E-state index in [-0.39, 0.29) is 46.0 Å². The van der Waals surface area contributed by atoms with Crippen molar-refractivity contribution in [1.29, 1.82) is 0 Å². The predicted molar refractivity (Wildman–Crippen MR) is 203 cm³/mol. The van der Waals surface area contributed by atoms with Crippen LogP contribution in [0.3, 0.4) is 0 Å². The number of phenolic OH excluding ortho intramolecular Hbond substituents is 1. The van der Waals surface area contributed by atoms with Gasteiger partial charge >= 0.3 is 5.97 Å². The lowest BCUT2D eigenvalue weighted by Crippen LogP contribution is -2.52. The number of ether oxygens (including phenoxy) is 2. The summed E-state index contributed by atoms with van der Waals surface area (Å²) in [6, 6.07) is 13.6. The number of phenols is 1. The van der Waals surface area contributed by atoms with Gasteiger partial charge in [0, 0.05) is 30.2 Å². The van der Waals surface area contributed by atoms with Crippen molar-refractivity contribution >= 4 is 16.9 Å². The fraction of sp³-hybridized carbons (Fsp3) is 0.600. The van der Waals surface area contributed by atoms with Crippen molar-refractivity contribution in [3.8, 4) is 22.8 Å². The van der Waals surface area contributed by atoms with Gasteiger partial charge in [-0.2, -0.15) is 0 Å². The molecule has 3 fully saturated rings. The van der Waals surface area contributed by atoms with Crippen LogP contribution in [-0.2, 0) is 9.53 Å². The van der Waals surface area contributed by atoms with Crippen LogP contribution in [0.2, 0.25) is 0 Å². The second kappa shape index (κ2) is 14.5. The van der Waals surface area contributed by atoms with Crippen molar-refractivity contribution in [3.63, 3.8) is 0 Å². The molecule has 6 nitrogen and oxygen atoms in total. The lowest BCUT2D eigenvalue weighted by molar-refractivity contribution is -0.154. The molecule has 51 heavy (non-hydrogen) atoms. The summed E-state index contributed by atoms with van der Waals surface area (Å²) in [6.45, 7) is 12.1. The Bertz CT molecular complexity index is 1810. The SMILES string of the molecule is CC(C)CCC[C@H](C)[C@@H]1CC[C@H]2[C@H]3CC=C4C[C@H](OC(=O)COc5cc(O)c6c(=O)cc(-c7ccccc7)oc6c5)CC[C@]4(C)[C@@H]3CC[C@]2(C)C1. The van der Waals surface area contributed by atoms with Crippen molar-refractivity contribution in [1.82, 2.24) is 0 Å². The van der Waals surface area contributed by atoms with Crippen LogP contribution in [0.15, 0.2) is 69.4 Å². The normalized spacial score (nSPS) is 30.9. The molecule has 7 rings (SSSR count). The Kier molecular flexibility index (Phi) is 10.2. The van der Waals surface area contributed by atoms with E-state index in [1.165, 1.54) is 75.5 Å². The number of carbonyl (C=O) groups is 1. The van der Waals surface area contributed by atoms with Crippen LogP contribution >= 0.6 is 0 Å². The Morgan fingerprint density at radius 2 is 1.78 bits per heavy atom. The predicted octanol–water partition coefficient (Wildman–Crippen LogP) is 10.9. The number of aromatic hydroxyl groups is 1. The first kappa shape index (κ1) is 35.8. The van der Waals surface area contributed by atoms with Gasteiger partial charge in [0.2, 0.25) is 0 Å². The summed E-state index contributed by atoms with van der Waals surface area (Å²) < 4.78 is 17.8. The van der Waals surface area contributed by atoms with Crippen molar-refractivity contribution < 1.29 is 23.8 Å². The highest BCUT2D eigenvalue weighted by Crippen LogP contribution is 2.65. The number of benzene rings is 2. The molecule has 2 aromatic carbocycles. The van der Waals surface area contributed by atoms with Gasteiger partial charge in [0.15, 0.2) is 12.0 Å². The largest absolute Gasteiger partial charge is 0.507 e. The molecule has 0 radical (unpaired) electrons. The number of rotatable bonds is 10. The first-order valence-corrected chi connectivity index (χ1v) is 19.8. The van der Waals surface area contributed by atoms with Crippen LogP contribution in [0.5, 0.6) is 11.5 Å². The van der Waals surface area contributed by atoms with Gasteiger partial charge in [-0.05, 0) is 97.7 Å². The fourth-order valence-corrected chi connectivity index (χ4v) is 11.0. The molecule has 0 saturated heterocycles. The average molecular weight is 695 g/mol. The van der Waals surface area contributed by atoms with E-state index in [4.69, 9.17) is 13.9 Å². The van der Waals surface area contributed by atoms with Crippen LogP contribution in [0.25, 0.3) is 22.3 Å². The summed E-state index contributed by atoms with van der Waals surface area (Å²) in [7, 11) is 0. The maximum absolute atomic E-state index is 13.0. The molecule has 0 spiro atoms. The van der Waals surface area contributed by atoms with Crippen molar-refractivity contribution in [2.45, 2.75) is 118 Å². The molecule has 8 atom stereocenters. The maximum Gasteiger partial charge on any atom is 0.344 e. The molecule has 274 valence electrons. The molecule has 4 aliphatic carbocycles. The Morgan fingerprint density at radius 1 is 0.980 bits per heavy atom. The van der Waals surface area contributed by atoms with Gasteiger partial charge < -0.3 is 19.0 Å². The molecule has 3 aromatic rings. The van der Waals surface area contributed by atoms with E-state index >= 15 is 0 Å². The van der Waals surface area contributed by atoms with E-state index < -0.39 is 5.97 Å². The zero-order valence-corrected chi connectivity index (χ0v) is 31.4. The molecule has 0 unspecified atom stereocenters. The van der Waals surface area contributed by atoms with Crippen molar-refractivity contribution in [2.75, 3.05) is 6.61 Å². The minimum atomic E-state index is -0.430. The average Bonchev–Trinajstić information content (AvgIpc) is 3.10. The molecule has 0 aliphatic heterocycles. The number of esters is 1. The molecule has 0 amide bonds. The summed E-state index contributed by atoms with van der Waals surface area (Å²) in [4.78, 5) is 25.9. The lowest BCUT2D eigenvalue weighted by atomic mass is 9.44. The van der Waals surface area contributed by atoms with Crippen LogP contribution in [0.1, 0.15) is 112 Å². The number of carbonyl (C=O) groups excluding carboxylic acids is 1. The van der Waals surface area contributed by atoms with E-state index in [1.54, 1.807) is 6.07 Å². The Morgan fingerprint density at radius 3 is 2.57 bits per heavy atom. The van der Waals surface area contributed by atoms with Crippen molar-refractivity contribution in [3.05, 3.63) is 70.4 Å². The maximum atomic E-state index is 13.0. The number of fused-ring (bicyclic) bond motifs is 6. The minimum Gasteiger partial charge on any atom is -0.507 e. The Labute approximate surface area is 304 Å². The molecule has 1 aromatic heterocycles. The summed E-state index contributed by atoms with van der Waals surface area (Å²) in [5.74, 6) is 4.80. The van der Waals surface area contributed by atoms with Gasteiger partial charge in [-0.1, -0.05) is 95.9 Å². The zero-order chi connectivity index (χ0) is 35.9. The van der Waals surface area contributed by atoms with Gasteiger partial charge in [-0.25, -0.2) is 4.79 Å². The van der Waals surface area contributed by atoms with Gasteiger partial charge in [-0.15, -0.1) is 0 Å².